The van der Waals surface area contributed by atoms with Gasteiger partial charge in [-0.15, -0.1) is 0 Å². The highest BCUT2D eigenvalue weighted by atomic mass is 16.5. The minimum absolute atomic E-state index is 0.0698. The lowest BCUT2D eigenvalue weighted by Gasteiger charge is -2.27. The van der Waals surface area contributed by atoms with Crippen LogP contribution < -0.4 is 10.1 Å². The summed E-state index contributed by atoms with van der Waals surface area (Å²) in [7, 11) is 1.57. The van der Waals surface area contributed by atoms with Gasteiger partial charge >= 0.3 is 5.97 Å². The van der Waals surface area contributed by atoms with E-state index in [4.69, 9.17) is 9.84 Å². The van der Waals surface area contributed by atoms with Gasteiger partial charge in [0.15, 0.2) is 0 Å². The number of methoxy groups -OCH3 is 1. The largest absolute Gasteiger partial charge is 0.496 e. The van der Waals surface area contributed by atoms with Crippen molar-refractivity contribution in [3.05, 3.63) is 29.3 Å². The third kappa shape index (κ3) is 3.74. The molecule has 5 nitrogen and oxygen atoms in total. The number of amides is 1. The number of carboxylic acids is 1. The first-order valence-corrected chi connectivity index (χ1v) is 7.19. The molecule has 0 heterocycles. The topological polar surface area (TPSA) is 75.6 Å². The van der Waals surface area contributed by atoms with Crippen molar-refractivity contribution in [1.82, 2.24) is 5.32 Å². The number of ether oxygens (including phenoxy) is 1. The van der Waals surface area contributed by atoms with Crippen molar-refractivity contribution in [3.8, 4) is 5.75 Å². The van der Waals surface area contributed by atoms with Crippen molar-refractivity contribution in [2.24, 2.45) is 5.92 Å². The van der Waals surface area contributed by atoms with E-state index < -0.39 is 5.97 Å². The van der Waals surface area contributed by atoms with Crippen molar-refractivity contribution in [3.63, 3.8) is 0 Å². The molecule has 0 aromatic heterocycles. The number of hydrogen-bond donors (Lipinski definition) is 2. The molecule has 114 valence electrons. The highest BCUT2D eigenvalue weighted by molar-refractivity contribution is 5.95. The molecule has 1 aromatic carbocycles. The van der Waals surface area contributed by atoms with E-state index in [1.807, 2.05) is 13.0 Å². The molecule has 5 heteroatoms. The van der Waals surface area contributed by atoms with Gasteiger partial charge in [-0.05, 0) is 43.9 Å². The molecule has 2 N–H and O–H groups in total. The van der Waals surface area contributed by atoms with E-state index in [1.165, 1.54) is 0 Å². The molecule has 0 aliphatic heterocycles. The van der Waals surface area contributed by atoms with Crippen LogP contribution in [-0.4, -0.2) is 30.1 Å². The molecule has 1 saturated carbocycles. The van der Waals surface area contributed by atoms with Gasteiger partial charge in [-0.1, -0.05) is 12.5 Å². The van der Waals surface area contributed by atoms with Gasteiger partial charge in [-0.25, -0.2) is 0 Å². The number of aryl methyl sites for hydroxylation is 1. The number of carboxylic acid groups (broad SMARTS) is 1. The fourth-order valence-corrected chi connectivity index (χ4v) is 2.78. The molecule has 2 atom stereocenters. The molecule has 0 radical (unpaired) electrons. The number of carbonyl (C=O) groups is 2. The summed E-state index contributed by atoms with van der Waals surface area (Å²) in [6.45, 7) is 1.92. The molecule has 0 spiro atoms. The second kappa shape index (κ2) is 6.61. The van der Waals surface area contributed by atoms with E-state index in [2.05, 4.69) is 5.32 Å². The SMILES string of the molecule is COc1cc(C(=O)NC2CCCC(C(=O)O)C2)ccc1C. The van der Waals surface area contributed by atoms with Crippen LogP contribution >= 0.6 is 0 Å². The summed E-state index contributed by atoms with van der Waals surface area (Å²) < 4.78 is 5.22. The van der Waals surface area contributed by atoms with E-state index in [1.54, 1.807) is 19.2 Å². The van der Waals surface area contributed by atoms with Crippen molar-refractivity contribution in [2.45, 2.75) is 38.6 Å². The van der Waals surface area contributed by atoms with Crippen molar-refractivity contribution < 1.29 is 19.4 Å². The van der Waals surface area contributed by atoms with Crippen LogP contribution in [0.2, 0.25) is 0 Å². The summed E-state index contributed by atoms with van der Waals surface area (Å²) in [5.41, 5.74) is 1.51. The first-order valence-electron chi connectivity index (χ1n) is 7.19. The minimum atomic E-state index is -0.772. The van der Waals surface area contributed by atoms with Crippen LogP contribution in [0, 0.1) is 12.8 Å². The fraction of sp³-hybridized carbons (Fsp3) is 0.500. The molecule has 2 rings (SSSR count). The Kier molecular flexibility index (Phi) is 4.83. The van der Waals surface area contributed by atoms with Crippen LogP contribution in [-0.2, 0) is 4.79 Å². The third-order valence-corrected chi connectivity index (χ3v) is 4.03. The minimum Gasteiger partial charge on any atom is -0.496 e. The molecule has 1 aliphatic rings. The first kappa shape index (κ1) is 15.4. The molecule has 0 bridgehead atoms. The molecular weight excluding hydrogens is 270 g/mol. The maximum atomic E-state index is 12.3. The molecule has 1 amide bonds. The van der Waals surface area contributed by atoms with Gasteiger partial charge in [0.05, 0.1) is 13.0 Å². The van der Waals surface area contributed by atoms with Gasteiger partial charge < -0.3 is 15.2 Å². The van der Waals surface area contributed by atoms with Gasteiger partial charge in [0.25, 0.3) is 5.91 Å². The van der Waals surface area contributed by atoms with E-state index in [0.29, 0.717) is 24.2 Å². The summed E-state index contributed by atoms with van der Waals surface area (Å²) in [6.07, 6.45) is 2.86. The van der Waals surface area contributed by atoms with E-state index >= 15 is 0 Å². The predicted octanol–water partition coefficient (Wildman–Crippen LogP) is 2.38. The zero-order valence-electron chi connectivity index (χ0n) is 12.4. The van der Waals surface area contributed by atoms with E-state index in [-0.39, 0.29) is 17.9 Å². The smallest absolute Gasteiger partial charge is 0.306 e. The Labute approximate surface area is 124 Å². The Balaban J connectivity index is 2.02. The van der Waals surface area contributed by atoms with Gasteiger partial charge in [-0.3, -0.25) is 9.59 Å². The van der Waals surface area contributed by atoms with Gasteiger partial charge in [0.1, 0.15) is 5.75 Å². The number of carbonyl (C=O) groups excluding carboxylic acids is 1. The Hall–Kier alpha value is -2.04. The quantitative estimate of drug-likeness (QED) is 0.893. The highest BCUT2D eigenvalue weighted by Gasteiger charge is 2.28. The van der Waals surface area contributed by atoms with Gasteiger partial charge in [-0.2, -0.15) is 0 Å². The second-order valence-corrected chi connectivity index (χ2v) is 5.56. The number of rotatable bonds is 4. The lowest BCUT2D eigenvalue weighted by Crippen LogP contribution is -2.39. The number of benzene rings is 1. The first-order chi connectivity index (χ1) is 10.0. The van der Waals surface area contributed by atoms with Crippen molar-refractivity contribution >= 4 is 11.9 Å². The highest BCUT2D eigenvalue weighted by Crippen LogP contribution is 2.25. The van der Waals surface area contributed by atoms with E-state index in [9.17, 15) is 9.59 Å². The maximum Gasteiger partial charge on any atom is 0.306 e. The average Bonchev–Trinajstić information content (AvgIpc) is 2.47. The zero-order chi connectivity index (χ0) is 15.4. The normalized spacial score (nSPS) is 21.6. The third-order valence-electron chi connectivity index (χ3n) is 4.03. The van der Waals surface area contributed by atoms with Crippen LogP contribution in [0.25, 0.3) is 0 Å². The van der Waals surface area contributed by atoms with Crippen LogP contribution in [0.3, 0.4) is 0 Å². The summed E-state index contributed by atoms with van der Waals surface area (Å²) in [5.74, 6) is -0.624. The summed E-state index contributed by atoms with van der Waals surface area (Å²) in [5, 5.41) is 12.0. The van der Waals surface area contributed by atoms with Gasteiger partial charge in [0.2, 0.25) is 0 Å². The monoisotopic (exact) mass is 291 g/mol. The van der Waals surface area contributed by atoms with Gasteiger partial charge in [0, 0.05) is 11.6 Å². The van der Waals surface area contributed by atoms with Crippen LogP contribution in [0.5, 0.6) is 5.75 Å². The van der Waals surface area contributed by atoms with Crippen LogP contribution in [0.4, 0.5) is 0 Å². The summed E-state index contributed by atoms with van der Waals surface area (Å²) >= 11 is 0. The fourth-order valence-electron chi connectivity index (χ4n) is 2.78. The predicted molar refractivity (Wildman–Crippen MR) is 78.6 cm³/mol. The van der Waals surface area contributed by atoms with Crippen molar-refractivity contribution in [2.75, 3.05) is 7.11 Å². The van der Waals surface area contributed by atoms with Crippen LogP contribution in [0.15, 0.2) is 18.2 Å². The number of nitrogens with one attached hydrogen (secondary N) is 1. The Morgan fingerprint density at radius 1 is 1.33 bits per heavy atom. The molecule has 1 fully saturated rings. The Morgan fingerprint density at radius 3 is 2.76 bits per heavy atom. The molecular formula is C16H21NO4. The second-order valence-electron chi connectivity index (χ2n) is 5.56. The van der Waals surface area contributed by atoms with E-state index in [0.717, 1.165) is 18.4 Å². The number of hydrogen-bond acceptors (Lipinski definition) is 3. The molecule has 21 heavy (non-hydrogen) atoms. The lowest BCUT2D eigenvalue weighted by molar-refractivity contribution is -0.143. The maximum absolute atomic E-state index is 12.3. The van der Waals surface area contributed by atoms with Crippen molar-refractivity contribution in [1.29, 1.82) is 0 Å². The average molecular weight is 291 g/mol. The standard InChI is InChI=1S/C16H21NO4/c1-10-6-7-11(9-14(10)21-2)15(18)17-13-5-3-4-12(8-13)16(19)20/h6-7,9,12-13H,3-5,8H2,1-2H3,(H,17,18)(H,19,20). The zero-order valence-corrected chi connectivity index (χ0v) is 12.4. The molecule has 1 aromatic rings. The molecule has 1 aliphatic carbocycles. The lowest BCUT2D eigenvalue weighted by atomic mass is 9.85. The molecule has 2 unspecified atom stereocenters. The number of aliphatic carboxylic acids is 1. The Morgan fingerprint density at radius 2 is 2.10 bits per heavy atom. The summed E-state index contributed by atoms with van der Waals surface area (Å²) in [6, 6.07) is 5.24. The summed E-state index contributed by atoms with van der Waals surface area (Å²) in [4.78, 5) is 23.3. The Bertz CT molecular complexity index is 541. The van der Waals surface area contributed by atoms with Crippen LogP contribution in [0.1, 0.15) is 41.6 Å². The molecule has 0 saturated heterocycles.